The summed E-state index contributed by atoms with van der Waals surface area (Å²) in [6, 6.07) is 0. The maximum atomic E-state index is 9.50. The van der Waals surface area contributed by atoms with Crippen LogP contribution in [-0.2, 0) is 25.0 Å². The molecule has 0 rings (SSSR count). The van der Waals surface area contributed by atoms with Gasteiger partial charge in [-0.3, -0.25) is 4.39 Å². The minimum Gasteiger partial charge on any atom is -2.00 e. The standard InChI is InChI=1S/CH3F.O.Zn/c1-2;;/h1H3;;/q;-2;+2. The molecule has 0 heterocycles. The predicted octanol–water partition coefficient (Wildman–Crippen LogP) is 0.464. The van der Waals surface area contributed by atoms with Gasteiger partial charge in [0.15, 0.2) is 0 Å². The second kappa shape index (κ2) is 84.2. The maximum Gasteiger partial charge on any atom is 2.00 e. The zero-order valence-electron chi connectivity index (χ0n) is 2.49. The smallest absolute Gasteiger partial charge is 2.00 e. The van der Waals surface area contributed by atoms with E-state index in [1.54, 1.807) is 0 Å². The third kappa shape index (κ3) is 21.8. The van der Waals surface area contributed by atoms with Crippen molar-refractivity contribution in [1.82, 2.24) is 0 Å². The topological polar surface area (TPSA) is 28.5 Å². The zero-order chi connectivity index (χ0) is 2.00. The van der Waals surface area contributed by atoms with Crippen LogP contribution in [-0.4, -0.2) is 7.18 Å². The van der Waals surface area contributed by atoms with E-state index >= 15 is 0 Å². The molecular weight excluding hydrogens is 112 g/mol. The molecular formula is CH3FOZn. The van der Waals surface area contributed by atoms with Crippen molar-refractivity contribution < 1.29 is 29.3 Å². The summed E-state index contributed by atoms with van der Waals surface area (Å²) in [5.74, 6) is 0. The summed E-state index contributed by atoms with van der Waals surface area (Å²) in [4.78, 5) is 0. The van der Waals surface area contributed by atoms with Crippen LogP contribution in [0.2, 0.25) is 0 Å². The van der Waals surface area contributed by atoms with Gasteiger partial charge in [-0.25, -0.2) is 0 Å². The van der Waals surface area contributed by atoms with Crippen LogP contribution >= 0.6 is 0 Å². The first-order valence-electron chi connectivity index (χ1n) is 0.378. The average molecular weight is 115 g/mol. The number of halogens is 1. The van der Waals surface area contributed by atoms with Crippen molar-refractivity contribution in [1.29, 1.82) is 0 Å². The van der Waals surface area contributed by atoms with E-state index in [0.717, 1.165) is 0 Å². The summed E-state index contributed by atoms with van der Waals surface area (Å²) in [7, 11) is 0.500. The molecule has 0 bridgehead atoms. The molecule has 3 heteroatoms. The first-order valence-corrected chi connectivity index (χ1v) is 0.378. The van der Waals surface area contributed by atoms with E-state index < -0.39 is 0 Å². The van der Waals surface area contributed by atoms with Crippen molar-refractivity contribution in [2.75, 3.05) is 7.18 Å². The number of hydrogen-bond acceptors (Lipinski definition) is 0. The van der Waals surface area contributed by atoms with Crippen molar-refractivity contribution in [2.45, 2.75) is 0 Å². The maximum absolute atomic E-state index is 9.50. The van der Waals surface area contributed by atoms with Crippen LogP contribution in [0.15, 0.2) is 0 Å². The van der Waals surface area contributed by atoms with Gasteiger partial charge in [0.2, 0.25) is 0 Å². The molecule has 0 fully saturated rings. The van der Waals surface area contributed by atoms with Crippen molar-refractivity contribution >= 4 is 0 Å². The Hall–Kier alpha value is 0.513. The minimum atomic E-state index is 0. The molecule has 0 aliphatic rings. The van der Waals surface area contributed by atoms with E-state index in [0.29, 0.717) is 7.18 Å². The summed E-state index contributed by atoms with van der Waals surface area (Å²) < 4.78 is 9.50. The molecule has 0 saturated heterocycles. The van der Waals surface area contributed by atoms with E-state index in [1.807, 2.05) is 0 Å². The second-order valence-electron chi connectivity index (χ2n) is 0. The first kappa shape index (κ1) is 24.3. The van der Waals surface area contributed by atoms with Crippen LogP contribution in [0.4, 0.5) is 4.39 Å². The van der Waals surface area contributed by atoms with Gasteiger partial charge in [-0.2, -0.15) is 0 Å². The van der Waals surface area contributed by atoms with Gasteiger partial charge in [-0.1, -0.05) is 0 Å². The molecule has 4 heavy (non-hydrogen) atoms. The average Bonchev–Trinajstić information content (AvgIpc) is 1.00. The number of hydrogen-bond donors (Lipinski definition) is 0. The van der Waals surface area contributed by atoms with Gasteiger partial charge in [0.05, 0.1) is 7.18 Å². The predicted molar refractivity (Wildman–Crippen MR) is 7.72 cm³/mol. The second-order valence-corrected chi connectivity index (χ2v) is 0. The van der Waals surface area contributed by atoms with Gasteiger partial charge < -0.3 is 5.48 Å². The molecule has 0 unspecified atom stereocenters. The Labute approximate surface area is 37.3 Å². The summed E-state index contributed by atoms with van der Waals surface area (Å²) in [5, 5.41) is 0. The van der Waals surface area contributed by atoms with Crippen molar-refractivity contribution in [2.24, 2.45) is 0 Å². The summed E-state index contributed by atoms with van der Waals surface area (Å²) in [5.41, 5.74) is 0. The van der Waals surface area contributed by atoms with Crippen molar-refractivity contribution in [3.8, 4) is 0 Å². The minimum absolute atomic E-state index is 0. The zero-order valence-corrected chi connectivity index (χ0v) is 5.46. The fourth-order valence-corrected chi connectivity index (χ4v) is 0. The third-order valence-corrected chi connectivity index (χ3v) is 0. The van der Waals surface area contributed by atoms with Crippen LogP contribution in [0, 0.1) is 0 Å². The molecule has 0 aromatic rings. The Morgan fingerprint density at radius 1 is 1.25 bits per heavy atom. The molecule has 0 radical (unpaired) electrons. The molecule has 0 saturated carbocycles. The van der Waals surface area contributed by atoms with Gasteiger partial charge in [0, 0.05) is 0 Å². The summed E-state index contributed by atoms with van der Waals surface area (Å²) in [6.07, 6.45) is 0. The fraction of sp³-hybridized carbons (Fsp3) is 1.00. The molecule has 0 aromatic heterocycles. The van der Waals surface area contributed by atoms with Crippen LogP contribution < -0.4 is 0 Å². The SMILES string of the molecule is CF.[O-2].[Zn+2]. The van der Waals surface area contributed by atoms with Crippen LogP contribution in [0.25, 0.3) is 0 Å². The van der Waals surface area contributed by atoms with E-state index in [4.69, 9.17) is 0 Å². The quantitative estimate of drug-likeness (QED) is 0.411. The molecule has 22 valence electrons. The first-order chi connectivity index (χ1) is 1.00. The molecule has 0 aromatic carbocycles. The Kier molecular flexibility index (Phi) is 512. The van der Waals surface area contributed by atoms with Gasteiger partial charge in [-0.05, 0) is 0 Å². The number of alkyl halides is 1. The Bertz CT molecular complexity index is 8.00. The van der Waals surface area contributed by atoms with Crippen LogP contribution in [0.3, 0.4) is 0 Å². The van der Waals surface area contributed by atoms with E-state index in [2.05, 4.69) is 0 Å². The van der Waals surface area contributed by atoms with Crippen LogP contribution in [0.1, 0.15) is 0 Å². The number of rotatable bonds is 0. The Morgan fingerprint density at radius 3 is 1.25 bits per heavy atom. The van der Waals surface area contributed by atoms with E-state index in [9.17, 15) is 4.39 Å². The third-order valence-electron chi connectivity index (χ3n) is 0. The molecule has 0 atom stereocenters. The largest absolute Gasteiger partial charge is 2.00 e. The van der Waals surface area contributed by atoms with Crippen LogP contribution in [0.5, 0.6) is 0 Å². The van der Waals surface area contributed by atoms with Gasteiger partial charge in [0.25, 0.3) is 0 Å². The molecule has 0 aliphatic carbocycles. The normalized spacial score (nSPS) is 1.50. The van der Waals surface area contributed by atoms with E-state index in [-0.39, 0.29) is 25.0 Å². The Morgan fingerprint density at radius 2 is 1.25 bits per heavy atom. The summed E-state index contributed by atoms with van der Waals surface area (Å²) in [6.45, 7) is 0. The molecule has 0 amide bonds. The Balaban J connectivity index is -0.00000000500. The van der Waals surface area contributed by atoms with Gasteiger partial charge in [-0.15, -0.1) is 0 Å². The van der Waals surface area contributed by atoms with Gasteiger partial charge >= 0.3 is 19.5 Å². The van der Waals surface area contributed by atoms with Crippen molar-refractivity contribution in [3.63, 3.8) is 0 Å². The van der Waals surface area contributed by atoms with Crippen molar-refractivity contribution in [3.05, 3.63) is 0 Å². The summed E-state index contributed by atoms with van der Waals surface area (Å²) >= 11 is 0. The molecule has 0 spiro atoms. The molecule has 1 nitrogen and oxygen atoms in total. The monoisotopic (exact) mass is 114 g/mol. The fourth-order valence-electron chi connectivity index (χ4n) is 0. The van der Waals surface area contributed by atoms with Gasteiger partial charge in [0.1, 0.15) is 0 Å². The molecule has 0 aliphatic heterocycles. The molecule has 0 N–H and O–H groups in total. The van der Waals surface area contributed by atoms with E-state index in [1.165, 1.54) is 0 Å².